The van der Waals surface area contributed by atoms with Crippen molar-refractivity contribution in [3.8, 4) is 0 Å². The molecule has 1 unspecified atom stereocenters. The average Bonchev–Trinajstić information content (AvgIpc) is 2.78. The van der Waals surface area contributed by atoms with Crippen LogP contribution < -0.4 is 0 Å². The van der Waals surface area contributed by atoms with Crippen LogP contribution in [0.3, 0.4) is 0 Å². The van der Waals surface area contributed by atoms with E-state index < -0.39 is 0 Å². The highest BCUT2D eigenvalue weighted by atomic mass is 15.2. The van der Waals surface area contributed by atoms with E-state index >= 15 is 0 Å². The molecule has 1 aromatic carbocycles. The first kappa shape index (κ1) is 13.6. The number of hydrogen-bond acceptors (Lipinski definition) is 1. The summed E-state index contributed by atoms with van der Waals surface area (Å²) in [5.74, 6) is 0.745. The summed E-state index contributed by atoms with van der Waals surface area (Å²) < 4.78 is 0. The lowest BCUT2D eigenvalue weighted by molar-refractivity contribution is 0.205. The van der Waals surface area contributed by atoms with E-state index in [2.05, 4.69) is 56.9 Å². The molecule has 1 fully saturated rings. The Morgan fingerprint density at radius 3 is 2.33 bits per heavy atom. The summed E-state index contributed by atoms with van der Waals surface area (Å²) in [7, 11) is 0. The molecule has 100 valence electrons. The molecule has 0 amide bonds. The molecule has 0 aromatic heterocycles. The van der Waals surface area contributed by atoms with E-state index in [0.29, 0.717) is 12.1 Å². The minimum Gasteiger partial charge on any atom is -0.294 e. The smallest absolute Gasteiger partial charge is 0.0351 e. The van der Waals surface area contributed by atoms with Gasteiger partial charge in [-0.05, 0) is 56.7 Å². The third-order valence-electron chi connectivity index (χ3n) is 3.97. The Morgan fingerprint density at radius 2 is 1.78 bits per heavy atom. The number of rotatable bonds is 4. The van der Waals surface area contributed by atoms with Crippen molar-refractivity contribution in [2.75, 3.05) is 6.54 Å². The van der Waals surface area contributed by atoms with Crippen molar-refractivity contribution in [2.24, 2.45) is 5.92 Å². The van der Waals surface area contributed by atoms with Gasteiger partial charge in [0.1, 0.15) is 0 Å². The first-order chi connectivity index (χ1) is 8.58. The quantitative estimate of drug-likeness (QED) is 0.758. The summed E-state index contributed by atoms with van der Waals surface area (Å²) in [6.07, 6.45) is 3.86. The Hall–Kier alpha value is -0.820. The predicted molar refractivity (Wildman–Crippen MR) is 78.8 cm³/mol. The van der Waals surface area contributed by atoms with Gasteiger partial charge in [-0.1, -0.05) is 38.1 Å². The topological polar surface area (TPSA) is 3.24 Å². The normalized spacial score (nSPS) is 21.1. The lowest BCUT2D eigenvalue weighted by Gasteiger charge is -2.28. The molecule has 0 aliphatic carbocycles. The van der Waals surface area contributed by atoms with Crippen LogP contribution in [0.2, 0.25) is 0 Å². The largest absolute Gasteiger partial charge is 0.294 e. The van der Waals surface area contributed by atoms with Crippen molar-refractivity contribution < 1.29 is 0 Å². The van der Waals surface area contributed by atoms with Crippen LogP contribution in [0.15, 0.2) is 24.3 Å². The minimum atomic E-state index is 0.651. The fourth-order valence-electron chi connectivity index (χ4n) is 3.11. The molecule has 2 rings (SSSR count). The predicted octanol–water partition coefficient (Wildman–Crippen LogP) is 4.43. The zero-order valence-corrected chi connectivity index (χ0v) is 12.3. The highest BCUT2D eigenvalue weighted by Crippen LogP contribution is 2.33. The molecule has 0 spiro atoms. The van der Waals surface area contributed by atoms with Gasteiger partial charge in [-0.25, -0.2) is 0 Å². The van der Waals surface area contributed by atoms with Crippen LogP contribution in [0.4, 0.5) is 0 Å². The maximum Gasteiger partial charge on any atom is 0.0351 e. The van der Waals surface area contributed by atoms with Crippen LogP contribution >= 0.6 is 0 Å². The van der Waals surface area contributed by atoms with E-state index in [0.717, 1.165) is 5.92 Å². The second kappa shape index (κ2) is 5.88. The lowest BCUT2D eigenvalue weighted by Crippen LogP contribution is -2.30. The van der Waals surface area contributed by atoms with Crippen LogP contribution in [-0.2, 0) is 6.42 Å². The second-order valence-electron chi connectivity index (χ2n) is 6.33. The molecule has 0 saturated carbocycles. The molecule has 1 saturated heterocycles. The van der Waals surface area contributed by atoms with E-state index in [1.807, 2.05) is 0 Å². The molecule has 0 radical (unpaired) electrons. The van der Waals surface area contributed by atoms with Crippen LogP contribution in [0.25, 0.3) is 0 Å². The molecular formula is C17H27N. The molecule has 0 bridgehead atoms. The van der Waals surface area contributed by atoms with Crippen molar-refractivity contribution in [2.45, 2.75) is 59.0 Å². The fourth-order valence-corrected chi connectivity index (χ4v) is 3.11. The van der Waals surface area contributed by atoms with E-state index in [9.17, 15) is 0 Å². The summed E-state index contributed by atoms with van der Waals surface area (Å²) in [6, 6.07) is 10.7. The summed E-state index contributed by atoms with van der Waals surface area (Å²) in [5, 5.41) is 0. The molecule has 1 atom stereocenters. The third kappa shape index (κ3) is 3.14. The molecule has 1 heterocycles. The Kier molecular flexibility index (Phi) is 4.45. The monoisotopic (exact) mass is 245 g/mol. The molecule has 1 nitrogen and oxygen atoms in total. The first-order valence-corrected chi connectivity index (χ1v) is 7.42. The second-order valence-corrected chi connectivity index (χ2v) is 6.33. The van der Waals surface area contributed by atoms with Crippen LogP contribution in [0.5, 0.6) is 0 Å². The molecule has 1 heteroatoms. The summed E-state index contributed by atoms with van der Waals surface area (Å²) in [6.45, 7) is 10.4. The van der Waals surface area contributed by atoms with Crippen LogP contribution in [-0.4, -0.2) is 17.5 Å². The molecule has 18 heavy (non-hydrogen) atoms. The Bertz CT molecular complexity index is 364. The molecule has 1 aliphatic rings. The van der Waals surface area contributed by atoms with Gasteiger partial charge in [0.05, 0.1) is 0 Å². The van der Waals surface area contributed by atoms with Gasteiger partial charge < -0.3 is 0 Å². The van der Waals surface area contributed by atoms with Crippen LogP contribution in [0.1, 0.15) is 57.7 Å². The zero-order chi connectivity index (χ0) is 13.1. The van der Waals surface area contributed by atoms with Gasteiger partial charge in [0.25, 0.3) is 0 Å². The van der Waals surface area contributed by atoms with E-state index in [1.54, 1.807) is 0 Å². The minimum absolute atomic E-state index is 0.651. The number of nitrogens with zero attached hydrogens (tertiary/aromatic N) is 1. The number of benzene rings is 1. The summed E-state index contributed by atoms with van der Waals surface area (Å²) in [5.41, 5.74) is 2.98. The standard InChI is InChI=1S/C17H27N/c1-13(2)12-15-7-9-16(10-8-15)17-6-5-11-18(17)14(3)4/h7-10,13-14,17H,5-6,11-12H2,1-4H3. The highest BCUT2D eigenvalue weighted by molar-refractivity contribution is 5.26. The van der Waals surface area contributed by atoms with Gasteiger partial charge in [0.2, 0.25) is 0 Å². The number of hydrogen-bond donors (Lipinski definition) is 0. The van der Waals surface area contributed by atoms with Gasteiger partial charge in [0, 0.05) is 12.1 Å². The van der Waals surface area contributed by atoms with Crippen molar-refractivity contribution in [1.29, 1.82) is 0 Å². The SMILES string of the molecule is CC(C)Cc1ccc(C2CCCN2C(C)C)cc1. The zero-order valence-electron chi connectivity index (χ0n) is 12.3. The van der Waals surface area contributed by atoms with Crippen molar-refractivity contribution in [1.82, 2.24) is 4.90 Å². The van der Waals surface area contributed by atoms with Gasteiger partial charge in [-0.3, -0.25) is 4.90 Å². The third-order valence-corrected chi connectivity index (χ3v) is 3.97. The van der Waals surface area contributed by atoms with E-state index in [-0.39, 0.29) is 0 Å². The van der Waals surface area contributed by atoms with Gasteiger partial charge in [0.15, 0.2) is 0 Å². The fraction of sp³-hybridized carbons (Fsp3) is 0.647. The Morgan fingerprint density at radius 1 is 1.11 bits per heavy atom. The maximum atomic E-state index is 2.64. The first-order valence-electron chi connectivity index (χ1n) is 7.42. The molecule has 1 aliphatic heterocycles. The average molecular weight is 245 g/mol. The van der Waals surface area contributed by atoms with E-state index in [1.165, 1.54) is 36.9 Å². The van der Waals surface area contributed by atoms with Crippen molar-refractivity contribution in [3.63, 3.8) is 0 Å². The van der Waals surface area contributed by atoms with E-state index in [4.69, 9.17) is 0 Å². The summed E-state index contributed by atoms with van der Waals surface area (Å²) in [4.78, 5) is 2.64. The molecule has 1 aromatic rings. The van der Waals surface area contributed by atoms with Gasteiger partial charge in [-0.2, -0.15) is 0 Å². The van der Waals surface area contributed by atoms with Crippen LogP contribution in [0, 0.1) is 5.92 Å². The summed E-state index contributed by atoms with van der Waals surface area (Å²) >= 11 is 0. The maximum absolute atomic E-state index is 2.64. The van der Waals surface area contributed by atoms with Crippen molar-refractivity contribution in [3.05, 3.63) is 35.4 Å². The molecular weight excluding hydrogens is 218 g/mol. The number of likely N-dealkylation sites (tertiary alicyclic amines) is 1. The Balaban J connectivity index is 2.09. The molecule has 0 N–H and O–H groups in total. The Labute approximate surface area is 112 Å². The van der Waals surface area contributed by atoms with Gasteiger partial charge >= 0.3 is 0 Å². The highest BCUT2D eigenvalue weighted by Gasteiger charge is 2.27. The lowest BCUT2D eigenvalue weighted by atomic mass is 9.98. The van der Waals surface area contributed by atoms with Gasteiger partial charge in [-0.15, -0.1) is 0 Å². The van der Waals surface area contributed by atoms with Crippen molar-refractivity contribution >= 4 is 0 Å².